The first kappa shape index (κ1) is 25.5. The summed E-state index contributed by atoms with van der Waals surface area (Å²) in [5.41, 5.74) is -1.45. The Kier molecular flexibility index (Phi) is 6.39. The van der Waals surface area contributed by atoms with Crippen molar-refractivity contribution < 1.29 is 49.5 Å². The molecule has 0 fully saturated rings. The number of hydrogen-bond donors (Lipinski definition) is 3. The van der Waals surface area contributed by atoms with Crippen LogP contribution in [-0.4, -0.2) is 35.9 Å². The number of nitrogens with two attached hydrogens (primary N) is 1. The third kappa shape index (κ3) is 5.18. The number of amides is 2. The molecule has 16 heteroatoms. The van der Waals surface area contributed by atoms with E-state index in [0.29, 0.717) is 6.07 Å². The number of aromatic nitrogens is 1. The predicted molar refractivity (Wildman–Crippen MR) is 97.5 cm³/mol. The Hall–Kier alpha value is -2.72. The van der Waals surface area contributed by atoms with Crippen LogP contribution in [0.5, 0.6) is 0 Å². The molecule has 0 aliphatic rings. The Morgan fingerprint density at radius 2 is 1.66 bits per heavy atom. The molecule has 0 aromatic carbocycles. The maximum atomic E-state index is 13.3. The number of aliphatic hydroxyl groups is 1. The highest BCUT2D eigenvalue weighted by molar-refractivity contribution is 7.93. The van der Waals surface area contributed by atoms with Gasteiger partial charge >= 0.3 is 12.4 Å². The normalized spacial score (nSPS) is 13.2. The second-order valence-corrected chi connectivity index (χ2v) is 9.88. The van der Waals surface area contributed by atoms with Crippen molar-refractivity contribution in [1.29, 1.82) is 0 Å². The lowest BCUT2D eigenvalue weighted by atomic mass is 10.1. The third-order valence-corrected chi connectivity index (χ3v) is 6.95. The Balaban J connectivity index is 2.75. The van der Waals surface area contributed by atoms with E-state index in [4.69, 9.17) is 5.73 Å². The first-order chi connectivity index (χ1) is 14.3. The molecule has 2 rings (SSSR count). The highest BCUT2D eigenvalue weighted by Crippen LogP contribution is 2.41. The summed E-state index contributed by atoms with van der Waals surface area (Å²) in [6.07, 6.45) is -10.6. The van der Waals surface area contributed by atoms with Gasteiger partial charge in [-0.3, -0.25) is 9.59 Å². The first-order valence-electron chi connectivity index (χ1n) is 8.14. The van der Waals surface area contributed by atoms with Gasteiger partial charge in [0.1, 0.15) is 20.5 Å². The lowest BCUT2D eigenvalue weighted by Gasteiger charge is -2.16. The molecule has 4 N–H and O–H groups in total. The van der Waals surface area contributed by atoms with Gasteiger partial charge in [-0.05, 0) is 32.0 Å². The van der Waals surface area contributed by atoms with Crippen LogP contribution in [0.2, 0.25) is 0 Å². The number of primary amides is 1. The first-order valence-corrected chi connectivity index (χ1v) is 10.4. The molecular formula is C16H13F6N3O5S2. The Morgan fingerprint density at radius 1 is 1.09 bits per heavy atom. The minimum Gasteiger partial charge on any atom is -0.381 e. The largest absolute Gasteiger partial charge is 0.433 e. The van der Waals surface area contributed by atoms with Gasteiger partial charge in [0.05, 0.1) is 11.1 Å². The van der Waals surface area contributed by atoms with E-state index in [1.54, 1.807) is 0 Å². The summed E-state index contributed by atoms with van der Waals surface area (Å²) in [5, 5.41) is 9.17. The average Bonchev–Trinajstić information content (AvgIpc) is 3.03. The van der Waals surface area contributed by atoms with Crippen LogP contribution >= 0.6 is 11.3 Å². The summed E-state index contributed by atoms with van der Waals surface area (Å²) < 4.78 is 103. The lowest BCUT2D eigenvalue weighted by Crippen LogP contribution is -2.36. The summed E-state index contributed by atoms with van der Waals surface area (Å²) in [7, 11) is -5.38. The number of pyridine rings is 1. The van der Waals surface area contributed by atoms with Crippen molar-refractivity contribution in [3.8, 4) is 0 Å². The number of nitrogens with zero attached hydrogens (tertiary/aromatic N) is 1. The van der Waals surface area contributed by atoms with Gasteiger partial charge in [0.15, 0.2) is 5.03 Å². The molecule has 2 heterocycles. The molecule has 32 heavy (non-hydrogen) atoms. The van der Waals surface area contributed by atoms with Crippen LogP contribution in [0.4, 0.5) is 31.3 Å². The minimum absolute atomic E-state index is 0.0277. The predicted octanol–water partition coefficient (Wildman–Crippen LogP) is 2.82. The second kappa shape index (κ2) is 8.00. The molecule has 0 unspecified atom stereocenters. The fraction of sp³-hybridized carbons (Fsp3) is 0.312. The number of carbonyl (C=O) groups is 2. The third-order valence-electron chi connectivity index (χ3n) is 3.73. The molecule has 0 radical (unpaired) electrons. The van der Waals surface area contributed by atoms with Gasteiger partial charge in [-0.15, -0.1) is 11.3 Å². The molecule has 0 aliphatic heterocycles. The van der Waals surface area contributed by atoms with Crippen LogP contribution in [0.15, 0.2) is 27.4 Å². The highest BCUT2D eigenvalue weighted by Gasteiger charge is 2.43. The summed E-state index contributed by atoms with van der Waals surface area (Å²) in [4.78, 5) is 26.2. The number of alkyl halides is 6. The van der Waals surface area contributed by atoms with Gasteiger partial charge in [-0.25, -0.2) is 13.4 Å². The van der Waals surface area contributed by atoms with Crippen LogP contribution in [-0.2, 0) is 27.0 Å². The van der Waals surface area contributed by atoms with Crippen molar-refractivity contribution in [2.45, 2.75) is 41.0 Å². The van der Waals surface area contributed by atoms with Crippen LogP contribution in [0, 0.1) is 0 Å². The quantitative estimate of drug-likeness (QED) is 0.534. The van der Waals surface area contributed by atoms with E-state index < -0.39 is 70.7 Å². The number of anilines is 1. The number of sulfone groups is 1. The van der Waals surface area contributed by atoms with Crippen molar-refractivity contribution in [1.82, 2.24) is 4.98 Å². The number of rotatable bonds is 5. The summed E-state index contributed by atoms with van der Waals surface area (Å²) in [6, 6.07) is 0.382. The molecule has 2 aromatic rings. The van der Waals surface area contributed by atoms with Gasteiger partial charge in [0, 0.05) is 0 Å². The molecule has 0 aliphatic carbocycles. The number of thiophene rings is 1. The zero-order chi connectivity index (χ0) is 24.9. The van der Waals surface area contributed by atoms with Gasteiger partial charge in [0.2, 0.25) is 9.84 Å². The minimum atomic E-state index is -5.39. The van der Waals surface area contributed by atoms with Gasteiger partial charge in [0.25, 0.3) is 11.8 Å². The van der Waals surface area contributed by atoms with Gasteiger partial charge in [-0.1, -0.05) is 0 Å². The summed E-state index contributed by atoms with van der Waals surface area (Å²) in [6.45, 7) is 2.08. The lowest BCUT2D eigenvalue weighted by molar-refractivity contribution is -0.146. The van der Waals surface area contributed by atoms with Crippen molar-refractivity contribution in [2.24, 2.45) is 5.73 Å². The van der Waals surface area contributed by atoms with Crippen molar-refractivity contribution in [3.05, 3.63) is 35.0 Å². The highest BCUT2D eigenvalue weighted by atomic mass is 32.2. The molecule has 0 bridgehead atoms. The number of halogens is 6. The number of nitrogens with one attached hydrogen (secondary N) is 1. The van der Waals surface area contributed by atoms with Crippen LogP contribution in [0.1, 0.15) is 35.5 Å². The van der Waals surface area contributed by atoms with Crippen molar-refractivity contribution >= 4 is 38.0 Å². The Bertz CT molecular complexity index is 1180. The number of hydrogen-bond acceptors (Lipinski definition) is 7. The Morgan fingerprint density at radius 3 is 2.09 bits per heavy atom. The maximum absolute atomic E-state index is 13.3. The molecule has 0 saturated heterocycles. The fourth-order valence-corrected chi connectivity index (χ4v) is 5.02. The SMILES string of the molecule is CC(C)(O)C(=O)Nc1sc(S(=O)(=O)c2nc(C(F)(F)F)ccc2C(F)(F)F)cc1C(N)=O. The van der Waals surface area contributed by atoms with E-state index in [9.17, 15) is 49.5 Å². The van der Waals surface area contributed by atoms with E-state index in [2.05, 4.69) is 4.98 Å². The van der Waals surface area contributed by atoms with Crippen molar-refractivity contribution in [2.75, 3.05) is 5.32 Å². The zero-order valence-corrected chi connectivity index (χ0v) is 17.6. The standard InChI is InChI=1S/C16H13F6N3O5S2/c1-14(2,28)13(27)25-11-6(10(23)26)5-9(31-11)32(29,30)12-7(15(17,18)19)3-4-8(24-12)16(20,21)22/h3-5,28H,1-2H3,(H2,23,26)(H,25,27). The second-order valence-electron chi connectivity index (χ2n) is 6.73. The maximum Gasteiger partial charge on any atom is 0.433 e. The van der Waals surface area contributed by atoms with Crippen LogP contribution in [0.25, 0.3) is 0 Å². The molecular weight excluding hydrogens is 492 g/mol. The van der Waals surface area contributed by atoms with E-state index >= 15 is 0 Å². The van der Waals surface area contributed by atoms with E-state index in [0.717, 1.165) is 13.8 Å². The molecule has 8 nitrogen and oxygen atoms in total. The van der Waals surface area contributed by atoms with Crippen LogP contribution < -0.4 is 11.1 Å². The molecule has 0 atom stereocenters. The van der Waals surface area contributed by atoms with E-state index in [-0.39, 0.29) is 23.5 Å². The van der Waals surface area contributed by atoms with Crippen LogP contribution in [0.3, 0.4) is 0 Å². The topological polar surface area (TPSA) is 139 Å². The molecule has 2 aromatic heterocycles. The number of carbonyl (C=O) groups excluding carboxylic acids is 2. The molecule has 2 amide bonds. The Labute approximate surface area is 180 Å². The van der Waals surface area contributed by atoms with E-state index in [1.165, 1.54) is 0 Å². The molecule has 0 saturated carbocycles. The zero-order valence-electron chi connectivity index (χ0n) is 15.9. The summed E-state index contributed by atoms with van der Waals surface area (Å²) in [5.74, 6) is -2.43. The van der Waals surface area contributed by atoms with Crippen molar-refractivity contribution in [3.63, 3.8) is 0 Å². The monoisotopic (exact) mass is 505 g/mol. The van der Waals surface area contributed by atoms with E-state index in [1.807, 2.05) is 5.32 Å². The average molecular weight is 505 g/mol. The van der Waals surface area contributed by atoms with Gasteiger partial charge in [-0.2, -0.15) is 26.3 Å². The molecule has 0 spiro atoms. The summed E-state index contributed by atoms with van der Waals surface area (Å²) >= 11 is 0.0463. The van der Waals surface area contributed by atoms with Gasteiger partial charge < -0.3 is 16.2 Å². The molecule has 176 valence electrons. The smallest absolute Gasteiger partial charge is 0.381 e. The fourth-order valence-electron chi connectivity index (χ4n) is 2.15.